The van der Waals surface area contributed by atoms with Crippen LogP contribution in [-0.4, -0.2) is 45.1 Å². The number of nitrogen functional groups attached to an aromatic ring is 1. The highest BCUT2D eigenvalue weighted by Gasteiger charge is 2.16. The van der Waals surface area contributed by atoms with E-state index < -0.39 is 0 Å². The summed E-state index contributed by atoms with van der Waals surface area (Å²) >= 11 is 0. The molecule has 0 amide bonds. The summed E-state index contributed by atoms with van der Waals surface area (Å²) in [5, 5.41) is 0. The van der Waals surface area contributed by atoms with Gasteiger partial charge in [-0.25, -0.2) is 4.79 Å². The van der Waals surface area contributed by atoms with Gasteiger partial charge in [-0.2, -0.15) is 9.97 Å². The first-order valence-corrected chi connectivity index (χ1v) is 8.59. The average Bonchev–Trinajstić information content (AvgIpc) is 3.13. The van der Waals surface area contributed by atoms with Crippen LogP contribution in [0, 0.1) is 0 Å². The fourth-order valence-corrected chi connectivity index (χ4v) is 2.61. The molecule has 0 aliphatic carbocycles. The third kappa shape index (κ3) is 3.88. The third-order valence-corrected chi connectivity index (χ3v) is 3.86. The number of furan rings is 1. The Labute approximate surface area is 150 Å². The summed E-state index contributed by atoms with van der Waals surface area (Å²) < 4.78 is 12.8. The zero-order valence-corrected chi connectivity index (χ0v) is 15.3. The molecule has 0 saturated carbocycles. The number of nitrogens with two attached hydrogens (primary N) is 1. The van der Waals surface area contributed by atoms with Crippen molar-refractivity contribution in [3.05, 3.63) is 34.1 Å². The zero-order valence-electron chi connectivity index (χ0n) is 15.3. The van der Waals surface area contributed by atoms with Gasteiger partial charge >= 0.3 is 11.7 Å². The average molecular weight is 360 g/mol. The SMILES string of the molecule is CCCCOc1nc(N)c2[nH]c(=O)n(Cc3ccc(CN(C)C)o3)c2n1. The second kappa shape index (κ2) is 7.61. The van der Waals surface area contributed by atoms with Gasteiger partial charge in [-0.15, -0.1) is 0 Å². The predicted molar refractivity (Wildman–Crippen MR) is 98.2 cm³/mol. The molecule has 140 valence electrons. The molecule has 9 nitrogen and oxygen atoms in total. The minimum absolute atomic E-state index is 0.170. The number of nitrogens with one attached hydrogen (secondary N) is 1. The fraction of sp³-hybridized carbons (Fsp3) is 0.471. The van der Waals surface area contributed by atoms with Crippen LogP contribution in [0.4, 0.5) is 5.82 Å². The molecule has 0 radical (unpaired) electrons. The van der Waals surface area contributed by atoms with Gasteiger partial charge in [0.15, 0.2) is 11.5 Å². The number of hydrogen-bond acceptors (Lipinski definition) is 7. The van der Waals surface area contributed by atoms with E-state index in [1.54, 1.807) is 0 Å². The van der Waals surface area contributed by atoms with Crippen LogP contribution in [0.3, 0.4) is 0 Å². The van der Waals surface area contributed by atoms with Gasteiger partial charge in [-0.1, -0.05) is 13.3 Å². The minimum atomic E-state index is -0.322. The molecule has 0 fully saturated rings. The van der Waals surface area contributed by atoms with Crippen LogP contribution in [0.5, 0.6) is 6.01 Å². The van der Waals surface area contributed by atoms with E-state index >= 15 is 0 Å². The molecular formula is C17H24N6O3. The Kier molecular flexibility index (Phi) is 5.27. The third-order valence-electron chi connectivity index (χ3n) is 3.86. The fourth-order valence-electron chi connectivity index (χ4n) is 2.61. The Morgan fingerprint density at radius 1 is 1.31 bits per heavy atom. The molecule has 26 heavy (non-hydrogen) atoms. The zero-order chi connectivity index (χ0) is 18.7. The minimum Gasteiger partial charge on any atom is -0.463 e. The molecule has 0 aliphatic heterocycles. The van der Waals surface area contributed by atoms with Crippen LogP contribution in [0.25, 0.3) is 11.2 Å². The van der Waals surface area contributed by atoms with Crippen molar-refractivity contribution < 1.29 is 9.15 Å². The topological polar surface area (TPSA) is 115 Å². The van der Waals surface area contributed by atoms with Crippen LogP contribution >= 0.6 is 0 Å². The van der Waals surface area contributed by atoms with Crippen LogP contribution in [0.1, 0.15) is 31.3 Å². The molecule has 0 saturated heterocycles. The lowest BCUT2D eigenvalue weighted by atomic mass is 10.4. The molecule has 0 aliphatic rings. The number of ether oxygens (including phenoxy) is 1. The van der Waals surface area contributed by atoms with Gasteiger partial charge in [0.2, 0.25) is 0 Å². The summed E-state index contributed by atoms with van der Waals surface area (Å²) in [6.45, 7) is 3.51. The van der Waals surface area contributed by atoms with Crippen LogP contribution < -0.4 is 16.2 Å². The standard InChI is InChI=1S/C17H24N6O3/c1-4-5-8-25-16-20-14(18)13-15(21-16)23(17(24)19-13)10-12-7-6-11(26-12)9-22(2)3/h6-7H,4-5,8-10H2,1-3H3,(H,19,24)(H2,18,20,21). The van der Waals surface area contributed by atoms with Gasteiger partial charge in [0, 0.05) is 0 Å². The van der Waals surface area contributed by atoms with Crippen molar-refractivity contribution in [3.8, 4) is 6.01 Å². The quantitative estimate of drug-likeness (QED) is 0.586. The predicted octanol–water partition coefficient (Wildman–Crippen LogP) is 1.58. The largest absolute Gasteiger partial charge is 0.463 e. The van der Waals surface area contributed by atoms with E-state index in [2.05, 4.69) is 21.9 Å². The number of H-pyrrole nitrogens is 1. The van der Waals surface area contributed by atoms with Crippen molar-refractivity contribution in [1.29, 1.82) is 0 Å². The van der Waals surface area contributed by atoms with Gasteiger partial charge < -0.3 is 24.8 Å². The van der Waals surface area contributed by atoms with E-state index in [0.29, 0.717) is 30.1 Å². The van der Waals surface area contributed by atoms with E-state index in [-0.39, 0.29) is 24.1 Å². The number of unbranched alkanes of at least 4 members (excludes halogenated alkanes) is 1. The molecule has 0 unspecified atom stereocenters. The van der Waals surface area contributed by atoms with E-state index in [9.17, 15) is 4.79 Å². The van der Waals surface area contributed by atoms with Crippen molar-refractivity contribution in [1.82, 2.24) is 24.4 Å². The number of nitrogens with zero attached hydrogens (tertiary/aromatic N) is 4. The number of imidazole rings is 1. The summed E-state index contributed by atoms with van der Waals surface area (Å²) in [4.78, 5) is 25.5. The molecule has 9 heteroatoms. The van der Waals surface area contributed by atoms with Gasteiger partial charge in [0.05, 0.1) is 19.7 Å². The van der Waals surface area contributed by atoms with Crippen LogP contribution in [-0.2, 0) is 13.1 Å². The molecule has 0 bridgehead atoms. The molecule has 0 aromatic carbocycles. The maximum absolute atomic E-state index is 12.3. The van der Waals surface area contributed by atoms with Gasteiger partial charge in [0.25, 0.3) is 0 Å². The molecule has 3 N–H and O–H groups in total. The Bertz CT molecular complexity index is 940. The Morgan fingerprint density at radius 2 is 2.08 bits per heavy atom. The Morgan fingerprint density at radius 3 is 2.81 bits per heavy atom. The molecule has 3 heterocycles. The van der Waals surface area contributed by atoms with Crippen LogP contribution in [0.2, 0.25) is 0 Å². The lowest BCUT2D eigenvalue weighted by molar-refractivity contribution is 0.286. The van der Waals surface area contributed by atoms with E-state index in [0.717, 1.165) is 18.6 Å². The molecule has 3 aromatic heterocycles. The van der Waals surface area contributed by atoms with E-state index in [1.807, 2.05) is 31.1 Å². The lowest BCUT2D eigenvalue weighted by Gasteiger charge is -2.07. The van der Waals surface area contributed by atoms with Crippen molar-refractivity contribution in [3.63, 3.8) is 0 Å². The Hall–Kier alpha value is -2.81. The van der Waals surface area contributed by atoms with Crippen molar-refractivity contribution in [2.24, 2.45) is 0 Å². The van der Waals surface area contributed by atoms with Gasteiger partial charge in [0.1, 0.15) is 17.0 Å². The number of aromatic nitrogens is 4. The first-order chi connectivity index (χ1) is 12.5. The van der Waals surface area contributed by atoms with Gasteiger partial charge in [-0.05, 0) is 32.6 Å². The number of rotatable bonds is 8. The second-order valence-corrected chi connectivity index (χ2v) is 6.41. The molecular weight excluding hydrogens is 336 g/mol. The second-order valence-electron chi connectivity index (χ2n) is 6.41. The highest BCUT2D eigenvalue weighted by atomic mass is 16.5. The van der Waals surface area contributed by atoms with Crippen molar-refractivity contribution in [2.45, 2.75) is 32.9 Å². The highest BCUT2D eigenvalue weighted by Crippen LogP contribution is 2.19. The molecule has 3 rings (SSSR count). The number of fused-ring (bicyclic) bond motifs is 1. The molecule has 0 spiro atoms. The summed E-state index contributed by atoms with van der Waals surface area (Å²) in [6.07, 6.45) is 1.89. The summed E-state index contributed by atoms with van der Waals surface area (Å²) in [7, 11) is 3.93. The summed E-state index contributed by atoms with van der Waals surface area (Å²) in [5.74, 6) is 1.68. The lowest BCUT2D eigenvalue weighted by Crippen LogP contribution is -2.17. The smallest absolute Gasteiger partial charge is 0.328 e. The maximum atomic E-state index is 12.3. The Balaban J connectivity index is 1.90. The molecule has 0 atom stereocenters. The highest BCUT2D eigenvalue weighted by molar-refractivity contribution is 5.81. The van der Waals surface area contributed by atoms with E-state index in [1.165, 1.54) is 4.57 Å². The first kappa shape index (κ1) is 18.0. The monoisotopic (exact) mass is 360 g/mol. The maximum Gasteiger partial charge on any atom is 0.328 e. The molecule has 3 aromatic rings. The normalized spacial score (nSPS) is 11.5. The van der Waals surface area contributed by atoms with E-state index in [4.69, 9.17) is 14.9 Å². The van der Waals surface area contributed by atoms with Crippen LogP contribution in [0.15, 0.2) is 21.3 Å². The van der Waals surface area contributed by atoms with Crippen molar-refractivity contribution in [2.75, 3.05) is 26.4 Å². The summed E-state index contributed by atoms with van der Waals surface area (Å²) in [6, 6.07) is 3.93. The summed E-state index contributed by atoms with van der Waals surface area (Å²) in [5.41, 5.74) is 6.43. The first-order valence-electron chi connectivity index (χ1n) is 8.59. The van der Waals surface area contributed by atoms with Gasteiger partial charge in [-0.3, -0.25) is 4.57 Å². The number of anilines is 1. The van der Waals surface area contributed by atoms with Crippen molar-refractivity contribution >= 4 is 17.0 Å². The number of hydrogen-bond donors (Lipinski definition) is 2. The number of aromatic amines is 1.